The molecular weight excluding hydrogens is 671 g/mol. The summed E-state index contributed by atoms with van der Waals surface area (Å²) in [5.74, 6) is 0. The molecule has 11 aromatic rings. The van der Waals surface area contributed by atoms with Gasteiger partial charge >= 0.3 is 0 Å². The van der Waals surface area contributed by atoms with Gasteiger partial charge in [-0.1, -0.05) is 152 Å². The largest absolute Gasteiger partial charge is 0.309 e. The molecule has 0 N–H and O–H groups in total. The maximum absolute atomic E-state index is 2.43. The Balaban J connectivity index is 1.08. The molecule has 11 rings (SSSR count). The Hall–Kier alpha value is -6.74. The van der Waals surface area contributed by atoms with Crippen LogP contribution in [0.4, 0.5) is 17.1 Å². The summed E-state index contributed by atoms with van der Waals surface area (Å²) in [5, 5.41) is 12.8. The van der Waals surface area contributed by atoms with Crippen LogP contribution < -0.4 is 4.90 Å². The van der Waals surface area contributed by atoms with Gasteiger partial charge in [0, 0.05) is 26.8 Å². The third kappa shape index (κ3) is 4.92. The zero-order valence-electron chi connectivity index (χ0n) is 29.4. The summed E-state index contributed by atoms with van der Waals surface area (Å²) in [6.45, 7) is 0. The number of nitrogens with zero attached hydrogens (tertiary/aromatic N) is 1. The van der Waals surface area contributed by atoms with Crippen molar-refractivity contribution in [2.75, 3.05) is 4.90 Å². The molecule has 0 saturated carbocycles. The molecule has 0 aliphatic heterocycles. The Morgan fingerprint density at radius 3 is 1.28 bits per heavy atom. The van der Waals surface area contributed by atoms with E-state index in [9.17, 15) is 0 Å². The molecule has 0 bridgehead atoms. The summed E-state index contributed by atoms with van der Waals surface area (Å²) in [4.78, 5) is 2.43. The van der Waals surface area contributed by atoms with Crippen molar-refractivity contribution in [3.8, 4) is 22.3 Å². The predicted octanol–water partition coefficient (Wildman–Crippen LogP) is 15.5. The predicted molar refractivity (Wildman–Crippen MR) is 235 cm³/mol. The highest BCUT2D eigenvalue weighted by Gasteiger charge is 2.19. The van der Waals surface area contributed by atoms with Crippen molar-refractivity contribution in [1.29, 1.82) is 0 Å². The van der Waals surface area contributed by atoms with Gasteiger partial charge in [-0.2, -0.15) is 0 Å². The van der Waals surface area contributed by atoms with Crippen LogP contribution in [0.5, 0.6) is 0 Å². The average molecular weight is 704 g/mol. The number of hydrogen-bond acceptors (Lipinski definition) is 2. The van der Waals surface area contributed by atoms with E-state index in [2.05, 4.69) is 205 Å². The topological polar surface area (TPSA) is 3.24 Å². The minimum Gasteiger partial charge on any atom is -0.309 e. The van der Waals surface area contributed by atoms with Gasteiger partial charge in [0.05, 0.1) is 10.4 Å². The van der Waals surface area contributed by atoms with E-state index in [0.29, 0.717) is 0 Å². The smallest absolute Gasteiger partial charge is 0.0640 e. The van der Waals surface area contributed by atoms with Gasteiger partial charge in [0.25, 0.3) is 0 Å². The van der Waals surface area contributed by atoms with Gasteiger partial charge in [0.2, 0.25) is 0 Å². The SMILES string of the molecule is c1ccc2c(c1)cc(-c1ccc(N(c3ccc(-c4cc5ccccc5c5ccccc45)cc3)c3cccc4c3sc3ccccc34)cc1)c1ccccc12. The number of fused-ring (bicyclic) bond motifs is 9. The van der Waals surface area contributed by atoms with E-state index in [1.165, 1.54) is 91.2 Å². The summed E-state index contributed by atoms with van der Waals surface area (Å²) >= 11 is 1.87. The fourth-order valence-electron chi connectivity index (χ4n) is 8.50. The van der Waals surface area contributed by atoms with Crippen molar-refractivity contribution in [2.45, 2.75) is 0 Å². The van der Waals surface area contributed by atoms with Crippen LogP contribution in [0.1, 0.15) is 0 Å². The fourth-order valence-corrected chi connectivity index (χ4v) is 9.71. The molecule has 54 heavy (non-hydrogen) atoms. The third-order valence-corrected chi connectivity index (χ3v) is 12.2. The third-order valence-electron chi connectivity index (χ3n) is 11.0. The highest BCUT2D eigenvalue weighted by molar-refractivity contribution is 7.26. The van der Waals surface area contributed by atoms with Gasteiger partial charge in [0.15, 0.2) is 0 Å². The van der Waals surface area contributed by atoms with E-state index < -0.39 is 0 Å². The molecule has 1 aromatic heterocycles. The normalized spacial score (nSPS) is 11.7. The molecule has 10 aromatic carbocycles. The molecule has 0 aliphatic carbocycles. The quantitative estimate of drug-likeness (QED) is 0.161. The molecule has 0 saturated heterocycles. The van der Waals surface area contributed by atoms with E-state index >= 15 is 0 Å². The van der Waals surface area contributed by atoms with Gasteiger partial charge in [-0.05, 0) is 114 Å². The monoisotopic (exact) mass is 703 g/mol. The summed E-state index contributed by atoms with van der Waals surface area (Å²) < 4.78 is 2.59. The second kappa shape index (κ2) is 12.4. The molecule has 0 amide bonds. The van der Waals surface area contributed by atoms with Gasteiger partial charge < -0.3 is 4.90 Å². The molecule has 0 fully saturated rings. The van der Waals surface area contributed by atoms with Gasteiger partial charge in [0.1, 0.15) is 0 Å². The first-order chi connectivity index (χ1) is 26.8. The highest BCUT2D eigenvalue weighted by Crippen LogP contribution is 2.46. The first-order valence-corrected chi connectivity index (χ1v) is 19.3. The maximum Gasteiger partial charge on any atom is 0.0640 e. The number of anilines is 3. The van der Waals surface area contributed by atoms with Gasteiger partial charge in [-0.3, -0.25) is 0 Å². The Bertz CT molecular complexity index is 3050. The van der Waals surface area contributed by atoms with Crippen molar-refractivity contribution in [3.05, 3.63) is 200 Å². The standard InChI is InChI=1S/C52H33NS/c1-3-14-40-36(12-1)32-48(44-18-7-5-16-42(40)44)34-24-28-38(29-25-34)53(50-22-11-21-47-46-20-9-10-23-51(46)54-52(47)50)39-30-26-35(27-31-39)49-33-37-13-2-4-15-41(37)43-17-6-8-19-45(43)49/h1-33H. The lowest BCUT2D eigenvalue weighted by molar-refractivity contribution is 1.30. The Kier molecular flexibility index (Phi) is 7.11. The maximum atomic E-state index is 2.43. The molecule has 1 nitrogen and oxygen atoms in total. The molecule has 0 radical (unpaired) electrons. The van der Waals surface area contributed by atoms with Crippen molar-refractivity contribution < 1.29 is 0 Å². The van der Waals surface area contributed by atoms with Crippen LogP contribution in [0.3, 0.4) is 0 Å². The summed E-state index contributed by atoms with van der Waals surface area (Å²) in [6, 6.07) is 73.5. The minimum atomic E-state index is 1.12. The van der Waals surface area contributed by atoms with Crippen molar-refractivity contribution in [3.63, 3.8) is 0 Å². The van der Waals surface area contributed by atoms with E-state index in [4.69, 9.17) is 0 Å². The summed E-state index contributed by atoms with van der Waals surface area (Å²) in [5.41, 5.74) is 8.34. The van der Waals surface area contributed by atoms with Crippen LogP contribution in [0.2, 0.25) is 0 Å². The average Bonchev–Trinajstić information content (AvgIpc) is 3.63. The number of thiophene rings is 1. The van der Waals surface area contributed by atoms with E-state index in [-0.39, 0.29) is 0 Å². The number of benzene rings is 10. The number of hydrogen-bond donors (Lipinski definition) is 0. The van der Waals surface area contributed by atoms with Crippen LogP contribution in [0.25, 0.3) is 85.5 Å². The molecule has 252 valence electrons. The van der Waals surface area contributed by atoms with Crippen LogP contribution >= 0.6 is 11.3 Å². The second-order valence-electron chi connectivity index (χ2n) is 14.1. The lowest BCUT2D eigenvalue weighted by atomic mass is 9.93. The van der Waals surface area contributed by atoms with Crippen LogP contribution in [-0.2, 0) is 0 Å². The second-order valence-corrected chi connectivity index (χ2v) is 15.1. The molecule has 0 atom stereocenters. The Morgan fingerprint density at radius 1 is 0.315 bits per heavy atom. The van der Waals surface area contributed by atoms with E-state index in [1.54, 1.807) is 0 Å². The van der Waals surface area contributed by atoms with E-state index in [1.807, 2.05) is 11.3 Å². The minimum absolute atomic E-state index is 1.12. The molecular formula is C52H33NS. The number of rotatable bonds is 5. The Labute approximate surface area is 317 Å². The molecule has 2 heteroatoms. The lowest BCUT2D eigenvalue weighted by Crippen LogP contribution is -2.10. The van der Waals surface area contributed by atoms with Gasteiger partial charge in [-0.25, -0.2) is 0 Å². The highest BCUT2D eigenvalue weighted by atomic mass is 32.1. The van der Waals surface area contributed by atoms with Gasteiger partial charge in [-0.15, -0.1) is 11.3 Å². The summed E-state index contributed by atoms with van der Waals surface area (Å²) in [7, 11) is 0. The van der Waals surface area contributed by atoms with Crippen LogP contribution in [0.15, 0.2) is 200 Å². The van der Waals surface area contributed by atoms with Crippen LogP contribution in [-0.4, -0.2) is 0 Å². The van der Waals surface area contributed by atoms with Crippen molar-refractivity contribution in [2.24, 2.45) is 0 Å². The summed E-state index contributed by atoms with van der Waals surface area (Å²) in [6.07, 6.45) is 0. The van der Waals surface area contributed by atoms with E-state index in [0.717, 1.165) is 11.4 Å². The van der Waals surface area contributed by atoms with Crippen molar-refractivity contribution in [1.82, 2.24) is 0 Å². The molecule has 0 unspecified atom stereocenters. The first kappa shape index (κ1) is 30.8. The molecule has 0 aliphatic rings. The van der Waals surface area contributed by atoms with Crippen molar-refractivity contribution >= 4 is 91.7 Å². The fraction of sp³-hybridized carbons (Fsp3) is 0. The van der Waals surface area contributed by atoms with Crippen LogP contribution in [0, 0.1) is 0 Å². The zero-order valence-corrected chi connectivity index (χ0v) is 30.2. The molecule has 0 spiro atoms. The Morgan fingerprint density at radius 2 is 0.741 bits per heavy atom. The molecule has 1 heterocycles. The first-order valence-electron chi connectivity index (χ1n) is 18.5. The lowest BCUT2D eigenvalue weighted by Gasteiger charge is -2.26. The zero-order chi connectivity index (χ0) is 35.6.